The fourth-order valence-corrected chi connectivity index (χ4v) is 2.71. The van der Waals surface area contributed by atoms with E-state index in [0.717, 1.165) is 32.0 Å². The molecular weight excluding hydrogens is 236 g/mol. The van der Waals surface area contributed by atoms with Crippen LogP contribution in [0.1, 0.15) is 17.4 Å². The van der Waals surface area contributed by atoms with Crippen LogP contribution in [0.15, 0.2) is 42.7 Å². The average Bonchev–Trinajstić information content (AvgIpc) is 2.87. The smallest absolute Gasteiger partial charge is 0.127 e. The SMILES string of the molecule is Cn1ccnc1C1CNCCN1Cc1ccccc1. The molecule has 19 heavy (non-hydrogen) atoms. The zero-order chi connectivity index (χ0) is 13.1. The molecule has 1 saturated heterocycles. The molecule has 0 bridgehead atoms. The van der Waals surface area contributed by atoms with Gasteiger partial charge >= 0.3 is 0 Å². The van der Waals surface area contributed by atoms with Crippen LogP contribution in [0.4, 0.5) is 0 Å². The van der Waals surface area contributed by atoms with Crippen LogP contribution in [0.3, 0.4) is 0 Å². The first kappa shape index (κ1) is 12.4. The van der Waals surface area contributed by atoms with Crippen molar-refractivity contribution < 1.29 is 0 Å². The number of hydrogen-bond acceptors (Lipinski definition) is 3. The van der Waals surface area contributed by atoms with Crippen LogP contribution in [-0.2, 0) is 13.6 Å². The lowest BCUT2D eigenvalue weighted by atomic mass is 10.1. The fourth-order valence-electron chi connectivity index (χ4n) is 2.71. The molecule has 0 radical (unpaired) electrons. The molecule has 4 nitrogen and oxygen atoms in total. The summed E-state index contributed by atoms with van der Waals surface area (Å²) in [5.41, 5.74) is 1.36. The second-order valence-corrected chi connectivity index (χ2v) is 5.07. The largest absolute Gasteiger partial charge is 0.337 e. The number of imidazole rings is 1. The third-order valence-electron chi connectivity index (χ3n) is 3.74. The van der Waals surface area contributed by atoms with Crippen LogP contribution in [0, 0.1) is 0 Å². The Morgan fingerprint density at radius 3 is 2.89 bits per heavy atom. The predicted octanol–water partition coefficient (Wildman–Crippen LogP) is 1.57. The van der Waals surface area contributed by atoms with Crippen molar-refractivity contribution in [2.24, 2.45) is 7.05 Å². The van der Waals surface area contributed by atoms with Crippen molar-refractivity contribution in [2.45, 2.75) is 12.6 Å². The van der Waals surface area contributed by atoms with Gasteiger partial charge in [-0.15, -0.1) is 0 Å². The number of rotatable bonds is 3. The number of nitrogens with one attached hydrogen (secondary N) is 1. The molecule has 1 aliphatic heterocycles. The van der Waals surface area contributed by atoms with Gasteiger partial charge in [-0.05, 0) is 5.56 Å². The Labute approximate surface area is 114 Å². The molecular formula is C15H20N4. The van der Waals surface area contributed by atoms with Crippen molar-refractivity contribution in [3.8, 4) is 0 Å². The van der Waals surface area contributed by atoms with Crippen LogP contribution in [0.2, 0.25) is 0 Å². The van der Waals surface area contributed by atoms with Crippen LogP contribution < -0.4 is 5.32 Å². The summed E-state index contributed by atoms with van der Waals surface area (Å²) in [5.74, 6) is 1.14. The molecule has 0 amide bonds. The van der Waals surface area contributed by atoms with E-state index in [-0.39, 0.29) is 0 Å². The highest BCUT2D eigenvalue weighted by Gasteiger charge is 2.26. The lowest BCUT2D eigenvalue weighted by molar-refractivity contribution is 0.145. The Morgan fingerprint density at radius 1 is 1.32 bits per heavy atom. The first-order valence-electron chi connectivity index (χ1n) is 6.80. The second kappa shape index (κ2) is 5.55. The zero-order valence-electron chi connectivity index (χ0n) is 11.3. The molecule has 4 heteroatoms. The minimum absolute atomic E-state index is 0.356. The monoisotopic (exact) mass is 256 g/mol. The Bertz CT molecular complexity index is 520. The lowest BCUT2D eigenvalue weighted by Crippen LogP contribution is -2.46. The maximum atomic E-state index is 4.51. The lowest BCUT2D eigenvalue weighted by Gasteiger charge is -2.35. The second-order valence-electron chi connectivity index (χ2n) is 5.07. The minimum atomic E-state index is 0.356. The topological polar surface area (TPSA) is 33.1 Å². The predicted molar refractivity (Wildman–Crippen MR) is 75.7 cm³/mol. The van der Waals surface area contributed by atoms with Crippen molar-refractivity contribution in [1.29, 1.82) is 0 Å². The van der Waals surface area contributed by atoms with E-state index < -0.39 is 0 Å². The first-order valence-corrected chi connectivity index (χ1v) is 6.80. The number of benzene rings is 1. The summed E-state index contributed by atoms with van der Waals surface area (Å²) in [5, 5.41) is 3.47. The summed E-state index contributed by atoms with van der Waals surface area (Å²) in [6, 6.07) is 11.0. The maximum absolute atomic E-state index is 4.51. The molecule has 100 valence electrons. The first-order chi connectivity index (χ1) is 9.34. The standard InChI is InChI=1S/C15H20N4/c1-18-9-8-17-15(18)14-11-16-7-10-19(14)12-13-5-3-2-4-6-13/h2-6,8-9,14,16H,7,10-12H2,1H3. The van der Waals surface area contributed by atoms with Crippen molar-refractivity contribution in [3.63, 3.8) is 0 Å². The number of aromatic nitrogens is 2. The summed E-state index contributed by atoms with van der Waals surface area (Å²) >= 11 is 0. The van der Waals surface area contributed by atoms with Gasteiger partial charge in [0.1, 0.15) is 5.82 Å². The zero-order valence-corrected chi connectivity index (χ0v) is 11.3. The van der Waals surface area contributed by atoms with Crippen molar-refractivity contribution in [1.82, 2.24) is 19.8 Å². The highest BCUT2D eigenvalue weighted by atomic mass is 15.3. The van der Waals surface area contributed by atoms with Gasteiger partial charge in [-0.1, -0.05) is 30.3 Å². The van der Waals surface area contributed by atoms with Gasteiger partial charge in [0, 0.05) is 45.6 Å². The minimum Gasteiger partial charge on any atom is -0.337 e. The van der Waals surface area contributed by atoms with Crippen LogP contribution in [0.5, 0.6) is 0 Å². The van der Waals surface area contributed by atoms with Gasteiger partial charge in [0.2, 0.25) is 0 Å². The summed E-state index contributed by atoms with van der Waals surface area (Å²) in [6.07, 6.45) is 3.90. The maximum Gasteiger partial charge on any atom is 0.127 e. The van der Waals surface area contributed by atoms with E-state index in [2.05, 4.69) is 57.1 Å². The average molecular weight is 256 g/mol. The van der Waals surface area contributed by atoms with Gasteiger partial charge < -0.3 is 9.88 Å². The molecule has 1 aromatic carbocycles. The van der Waals surface area contributed by atoms with E-state index in [0.29, 0.717) is 6.04 Å². The molecule has 3 rings (SSSR count). The van der Waals surface area contributed by atoms with E-state index in [1.54, 1.807) is 0 Å². The molecule has 2 aromatic rings. The van der Waals surface area contributed by atoms with Crippen LogP contribution >= 0.6 is 0 Å². The van der Waals surface area contributed by atoms with Crippen molar-refractivity contribution >= 4 is 0 Å². The van der Waals surface area contributed by atoms with Gasteiger partial charge in [-0.25, -0.2) is 4.98 Å². The number of aryl methyl sites for hydroxylation is 1. The third-order valence-corrected chi connectivity index (χ3v) is 3.74. The van der Waals surface area contributed by atoms with E-state index in [1.807, 2.05) is 12.4 Å². The molecule has 0 saturated carbocycles. The molecule has 1 aliphatic rings. The number of piperazine rings is 1. The fraction of sp³-hybridized carbons (Fsp3) is 0.400. The highest BCUT2D eigenvalue weighted by Crippen LogP contribution is 2.22. The third kappa shape index (κ3) is 2.69. The van der Waals surface area contributed by atoms with Crippen LogP contribution in [-0.4, -0.2) is 34.1 Å². The quantitative estimate of drug-likeness (QED) is 0.905. The van der Waals surface area contributed by atoms with Gasteiger partial charge in [0.15, 0.2) is 0 Å². The number of nitrogens with zero attached hydrogens (tertiary/aromatic N) is 3. The summed E-state index contributed by atoms with van der Waals surface area (Å²) in [7, 11) is 2.07. The van der Waals surface area contributed by atoms with Gasteiger partial charge in [0.25, 0.3) is 0 Å². The van der Waals surface area contributed by atoms with E-state index in [1.165, 1.54) is 5.56 Å². The molecule has 0 spiro atoms. The summed E-state index contributed by atoms with van der Waals surface area (Å²) < 4.78 is 2.12. The molecule has 1 aromatic heterocycles. The summed E-state index contributed by atoms with van der Waals surface area (Å²) in [6.45, 7) is 4.07. The Kier molecular flexibility index (Phi) is 3.62. The van der Waals surface area contributed by atoms with E-state index in [4.69, 9.17) is 0 Å². The molecule has 2 heterocycles. The van der Waals surface area contributed by atoms with Crippen molar-refractivity contribution in [3.05, 3.63) is 54.1 Å². The van der Waals surface area contributed by atoms with Crippen LogP contribution in [0.25, 0.3) is 0 Å². The Balaban J connectivity index is 1.80. The Morgan fingerprint density at radius 2 is 2.16 bits per heavy atom. The van der Waals surface area contributed by atoms with Gasteiger partial charge in [-0.2, -0.15) is 0 Å². The highest BCUT2D eigenvalue weighted by molar-refractivity contribution is 5.15. The molecule has 1 fully saturated rings. The normalized spacial score (nSPS) is 20.6. The molecule has 1 N–H and O–H groups in total. The molecule has 0 aliphatic carbocycles. The van der Waals surface area contributed by atoms with Crippen molar-refractivity contribution in [2.75, 3.05) is 19.6 Å². The van der Waals surface area contributed by atoms with Gasteiger partial charge in [0.05, 0.1) is 6.04 Å². The number of hydrogen-bond donors (Lipinski definition) is 1. The van der Waals surface area contributed by atoms with E-state index >= 15 is 0 Å². The van der Waals surface area contributed by atoms with E-state index in [9.17, 15) is 0 Å². The van der Waals surface area contributed by atoms with Gasteiger partial charge in [-0.3, -0.25) is 4.90 Å². The summed E-state index contributed by atoms with van der Waals surface area (Å²) in [4.78, 5) is 7.02. The molecule has 1 unspecified atom stereocenters. The Hall–Kier alpha value is -1.65. The molecule has 1 atom stereocenters.